The summed E-state index contributed by atoms with van der Waals surface area (Å²) >= 11 is 5.22. The Bertz CT molecular complexity index is 587. The summed E-state index contributed by atoms with van der Waals surface area (Å²) in [7, 11) is 0. The molecule has 1 heterocycles. The van der Waals surface area contributed by atoms with Gasteiger partial charge in [-0.3, -0.25) is 4.98 Å². The van der Waals surface area contributed by atoms with E-state index in [0.29, 0.717) is 17.0 Å². The van der Waals surface area contributed by atoms with Crippen LogP contribution in [0.25, 0.3) is 0 Å². The number of carboxylic acids is 1. The molecule has 102 valence electrons. The first-order valence-electron chi connectivity index (χ1n) is 6.14. The van der Waals surface area contributed by atoms with Crippen LogP contribution in [0.5, 0.6) is 0 Å². The second-order valence-corrected chi connectivity index (χ2v) is 4.70. The van der Waals surface area contributed by atoms with Gasteiger partial charge in [0.2, 0.25) is 0 Å². The van der Waals surface area contributed by atoms with Gasteiger partial charge in [0.25, 0.3) is 0 Å². The molecule has 2 rings (SSSR count). The lowest BCUT2D eigenvalue weighted by Crippen LogP contribution is -2.41. The topological polar surface area (TPSA) is 62.2 Å². The van der Waals surface area contributed by atoms with Gasteiger partial charge in [-0.15, -0.1) is 0 Å². The zero-order valence-electron chi connectivity index (χ0n) is 10.7. The molecular weight excluding hydrogens is 272 g/mol. The van der Waals surface area contributed by atoms with Gasteiger partial charge in [-0.1, -0.05) is 42.5 Å². The number of rotatable bonds is 5. The van der Waals surface area contributed by atoms with E-state index in [0.717, 1.165) is 5.56 Å². The monoisotopic (exact) mass is 286 g/mol. The third-order valence-electron chi connectivity index (χ3n) is 2.81. The van der Waals surface area contributed by atoms with Crippen molar-refractivity contribution in [1.29, 1.82) is 0 Å². The summed E-state index contributed by atoms with van der Waals surface area (Å²) in [6.07, 6.45) is 3.62. The molecule has 0 aliphatic rings. The largest absolute Gasteiger partial charge is 0.480 e. The zero-order chi connectivity index (χ0) is 14.4. The summed E-state index contributed by atoms with van der Waals surface area (Å²) in [5.74, 6) is -0.930. The molecule has 20 heavy (non-hydrogen) atoms. The molecule has 0 fully saturated rings. The Morgan fingerprint density at radius 1 is 1.25 bits per heavy atom. The lowest BCUT2D eigenvalue weighted by molar-refractivity contribution is -0.139. The second-order valence-electron chi connectivity index (χ2n) is 4.30. The van der Waals surface area contributed by atoms with E-state index in [-0.39, 0.29) is 0 Å². The molecule has 0 aliphatic heterocycles. The number of hydrogen-bond acceptors (Lipinski definition) is 3. The number of pyridine rings is 1. The van der Waals surface area contributed by atoms with Gasteiger partial charge in [-0.25, -0.2) is 4.79 Å². The van der Waals surface area contributed by atoms with E-state index >= 15 is 0 Å². The molecule has 0 bridgehead atoms. The van der Waals surface area contributed by atoms with Gasteiger partial charge in [0, 0.05) is 24.4 Å². The molecule has 2 N–H and O–H groups in total. The SMILES string of the molecule is O=C(O)C(Cc1ccccc1)NC(=S)c1cccnc1. The van der Waals surface area contributed by atoms with Crippen LogP contribution in [-0.2, 0) is 11.2 Å². The van der Waals surface area contributed by atoms with Crippen LogP contribution in [0.1, 0.15) is 11.1 Å². The highest BCUT2D eigenvalue weighted by molar-refractivity contribution is 7.80. The van der Waals surface area contributed by atoms with Gasteiger partial charge in [0.15, 0.2) is 0 Å². The molecule has 1 aromatic carbocycles. The zero-order valence-corrected chi connectivity index (χ0v) is 11.5. The summed E-state index contributed by atoms with van der Waals surface area (Å²) in [5.41, 5.74) is 1.66. The van der Waals surface area contributed by atoms with Crippen molar-refractivity contribution >= 4 is 23.2 Å². The quantitative estimate of drug-likeness (QED) is 0.824. The number of aromatic nitrogens is 1. The number of benzene rings is 1. The molecular formula is C15H14N2O2S. The van der Waals surface area contributed by atoms with Crippen LogP contribution < -0.4 is 5.32 Å². The number of thiocarbonyl (C=S) groups is 1. The van der Waals surface area contributed by atoms with Crippen molar-refractivity contribution in [1.82, 2.24) is 10.3 Å². The number of carboxylic acid groups (broad SMARTS) is 1. The first-order chi connectivity index (χ1) is 9.66. The van der Waals surface area contributed by atoms with E-state index < -0.39 is 12.0 Å². The molecule has 0 radical (unpaired) electrons. The van der Waals surface area contributed by atoms with Gasteiger partial charge in [0.05, 0.1) is 0 Å². The average molecular weight is 286 g/mol. The molecule has 0 saturated carbocycles. The minimum absolute atomic E-state index is 0.372. The van der Waals surface area contributed by atoms with Gasteiger partial charge >= 0.3 is 5.97 Å². The maximum atomic E-state index is 11.3. The van der Waals surface area contributed by atoms with Crippen LogP contribution in [0.2, 0.25) is 0 Å². The minimum Gasteiger partial charge on any atom is -0.480 e. The Balaban J connectivity index is 2.07. The Labute approximate surface area is 122 Å². The van der Waals surface area contributed by atoms with Crippen molar-refractivity contribution in [2.45, 2.75) is 12.5 Å². The van der Waals surface area contributed by atoms with E-state index in [9.17, 15) is 9.90 Å². The van der Waals surface area contributed by atoms with Crippen LogP contribution in [0.3, 0.4) is 0 Å². The van der Waals surface area contributed by atoms with Crippen molar-refractivity contribution in [3.05, 3.63) is 66.0 Å². The predicted molar refractivity (Wildman–Crippen MR) is 80.6 cm³/mol. The first-order valence-corrected chi connectivity index (χ1v) is 6.55. The minimum atomic E-state index is -0.930. The Morgan fingerprint density at radius 3 is 2.60 bits per heavy atom. The lowest BCUT2D eigenvalue weighted by atomic mass is 10.1. The highest BCUT2D eigenvalue weighted by Crippen LogP contribution is 2.05. The predicted octanol–water partition coefficient (Wildman–Crippen LogP) is 2.04. The summed E-state index contributed by atoms with van der Waals surface area (Å²) < 4.78 is 0. The maximum absolute atomic E-state index is 11.3. The Kier molecular flexibility index (Phi) is 4.79. The number of nitrogens with zero attached hydrogens (tertiary/aromatic N) is 1. The van der Waals surface area contributed by atoms with E-state index in [2.05, 4.69) is 10.3 Å². The highest BCUT2D eigenvalue weighted by atomic mass is 32.1. The summed E-state index contributed by atoms with van der Waals surface area (Å²) in [6, 6.07) is 12.2. The van der Waals surface area contributed by atoms with Crippen molar-refractivity contribution in [2.75, 3.05) is 0 Å². The van der Waals surface area contributed by atoms with E-state index in [1.165, 1.54) is 0 Å². The van der Waals surface area contributed by atoms with Crippen LogP contribution >= 0.6 is 12.2 Å². The Hall–Kier alpha value is -2.27. The number of aliphatic carboxylic acids is 1. The third-order valence-corrected chi connectivity index (χ3v) is 3.16. The van der Waals surface area contributed by atoms with Gasteiger partial charge in [-0.2, -0.15) is 0 Å². The Morgan fingerprint density at radius 2 is 2.00 bits per heavy atom. The second kappa shape index (κ2) is 6.77. The highest BCUT2D eigenvalue weighted by Gasteiger charge is 2.19. The summed E-state index contributed by atoms with van der Waals surface area (Å²) in [6.45, 7) is 0. The van der Waals surface area contributed by atoms with Crippen molar-refractivity contribution < 1.29 is 9.90 Å². The molecule has 0 spiro atoms. The standard InChI is InChI=1S/C15H14N2O2S/c18-15(19)13(9-11-5-2-1-3-6-11)17-14(20)12-7-4-8-16-10-12/h1-8,10,13H,9H2,(H,17,20)(H,18,19). The molecule has 4 nitrogen and oxygen atoms in total. The van der Waals surface area contributed by atoms with Crippen molar-refractivity contribution in [3.8, 4) is 0 Å². The summed E-state index contributed by atoms with van der Waals surface area (Å²) in [5, 5.41) is 12.2. The van der Waals surface area contributed by atoms with Gasteiger partial charge in [0.1, 0.15) is 11.0 Å². The maximum Gasteiger partial charge on any atom is 0.326 e. The normalized spacial score (nSPS) is 11.6. The number of hydrogen-bond donors (Lipinski definition) is 2. The smallest absolute Gasteiger partial charge is 0.326 e. The van der Waals surface area contributed by atoms with Crippen LogP contribution in [0, 0.1) is 0 Å². The number of carbonyl (C=O) groups is 1. The fourth-order valence-corrected chi connectivity index (χ4v) is 2.05. The number of nitrogens with one attached hydrogen (secondary N) is 1. The molecule has 1 atom stereocenters. The molecule has 0 amide bonds. The van der Waals surface area contributed by atoms with E-state index in [1.54, 1.807) is 24.5 Å². The van der Waals surface area contributed by atoms with Crippen LogP contribution in [0.4, 0.5) is 0 Å². The van der Waals surface area contributed by atoms with E-state index in [1.807, 2.05) is 30.3 Å². The fourth-order valence-electron chi connectivity index (χ4n) is 1.79. The molecule has 0 aliphatic carbocycles. The molecule has 1 unspecified atom stereocenters. The summed E-state index contributed by atoms with van der Waals surface area (Å²) in [4.78, 5) is 15.7. The van der Waals surface area contributed by atoms with Crippen LogP contribution in [-0.4, -0.2) is 27.1 Å². The molecule has 1 aromatic heterocycles. The van der Waals surface area contributed by atoms with E-state index in [4.69, 9.17) is 12.2 Å². The molecule has 0 saturated heterocycles. The van der Waals surface area contributed by atoms with Gasteiger partial charge < -0.3 is 10.4 Å². The molecule has 2 aromatic rings. The average Bonchev–Trinajstić information content (AvgIpc) is 2.48. The van der Waals surface area contributed by atoms with Gasteiger partial charge in [-0.05, 0) is 17.7 Å². The third kappa shape index (κ3) is 3.86. The molecule has 5 heteroatoms. The van der Waals surface area contributed by atoms with Crippen molar-refractivity contribution in [3.63, 3.8) is 0 Å². The first kappa shape index (κ1) is 14.1. The van der Waals surface area contributed by atoms with Crippen molar-refractivity contribution in [2.24, 2.45) is 0 Å². The lowest BCUT2D eigenvalue weighted by Gasteiger charge is -2.16. The van der Waals surface area contributed by atoms with Crippen LogP contribution in [0.15, 0.2) is 54.9 Å². The fraction of sp³-hybridized carbons (Fsp3) is 0.133.